The van der Waals surface area contributed by atoms with Gasteiger partial charge in [-0.25, -0.2) is 0 Å². The maximum absolute atomic E-state index is 10.5. The highest BCUT2D eigenvalue weighted by atomic mass is 16.3. The van der Waals surface area contributed by atoms with Crippen LogP contribution in [0, 0.1) is 11.3 Å². The van der Waals surface area contributed by atoms with Crippen LogP contribution in [0.3, 0.4) is 0 Å². The second kappa shape index (κ2) is 3.44. The summed E-state index contributed by atoms with van der Waals surface area (Å²) in [4.78, 5) is 3.54. The molecule has 15 heavy (non-hydrogen) atoms. The summed E-state index contributed by atoms with van der Waals surface area (Å²) in [5.41, 5.74) is 0.275. The predicted molar refractivity (Wildman–Crippen MR) is 58.0 cm³/mol. The molecule has 4 saturated heterocycles. The zero-order chi connectivity index (χ0) is 10.5. The van der Waals surface area contributed by atoms with Gasteiger partial charge in [0.15, 0.2) is 0 Å². The molecule has 3 N–H and O–H groups in total. The van der Waals surface area contributed by atoms with Gasteiger partial charge in [0.2, 0.25) is 0 Å². The third kappa shape index (κ3) is 1.44. The van der Waals surface area contributed by atoms with E-state index >= 15 is 0 Å². The molecule has 0 amide bonds. The van der Waals surface area contributed by atoms with Crippen molar-refractivity contribution in [2.24, 2.45) is 11.3 Å². The van der Waals surface area contributed by atoms with Gasteiger partial charge in [-0.05, 0) is 6.42 Å². The van der Waals surface area contributed by atoms with Crippen molar-refractivity contribution in [1.82, 2.24) is 0 Å². The van der Waals surface area contributed by atoms with Crippen molar-refractivity contribution in [3.05, 3.63) is 0 Å². The number of aliphatic hydroxyl groups is 1. The lowest BCUT2D eigenvalue weighted by Gasteiger charge is -2.48. The minimum absolute atomic E-state index is 0.00282. The van der Waals surface area contributed by atoms with E-state index in [1.165, 1.54) is 52.1 Å². The van der Waals surface area contributed by atoms with Crippen molar-refractivity contribution >= 4 is 0 Å². The van der Waals surface area contributed by atoms with E-state index in [1.807, 2.05) is 0 Å². The Morgan fingerprint density at radius 2 is 1.80 bits per heavy atom. The second-order valence-corrected chi connectivity index (χ2v) is 6.08. The van der Waals surface area contributed by atoms with Crippen molar-refractivity contribution in [2.75, 3.05) is 39.3 Å². The van der Waals surface area contributed by atoms with E-state index in [-0.39, 0.29) is 11.5 Å². The zero-order valence-electron chi connectivity index (χ0n) is 9.76. The fourth-order valence-electron chi connectivity index (χ4n) is 4.51. The number of hydrogen-bond donors (Lipinski definition) is 3. The monoisotopic (exact) mass is 212 g/mol. The molecule has 3 atom stereocenters. The fraction of sp³-hybridized carbons (Fsp3) is 1.00. The number of hydrogen-bond acceptors (Lipinski definition) is 1. The number of nitrogens with one attached hydrogen (secondary N) is 2. The minimum Gasteiger partial charge on any atom is -0.391 e. The van der Waals surface area contributed by atoms with Crippen molar-refractivity contribution in [1.29, 1.82) is 0 Å². The van der Waals surface area contributed by atoms with Gasteiger partial charge in [-0.2, -0.15) is 0 Å². The number of quaternary nitrogens is 2. The highest BCUT2D eigenvalue weighted by molar-refractivity contribution is 4.95. The summed E-state index contributed by atoms with van der Waals surface area (Å²) in [5.74, 6) is 0.589. The average molecular weight is 212 g/mol. The van der Waals surface area contributed by atoms with Crippen molar-refractivity contribution in [2.45, 2.75) is 25.9 Å². The zero-order valence-corrected chi connectivity index (χ0v) is 9.76. The molecule has 3 heteroatoms. The molecule has 3 nitrogen and oxygen atoms in total. The summed E-state index contributed by atoms with van der Waals surface area (Å²) in [5, 5.41) is 10.5. The molecule has 86 valence electrons. The molecule has 4 heterocycles. The Bertz CT molecular complexity index is 240. The summed E-state index contributed by atoms with van der Waals surface area (Å²) in [6.45, 7) is 9.88. The third-order valence-corrected chi connectivity index (χ3v) is 4.96. The van der Waals surface area contributed by atoms with Gasteiger partial charge >= 0.3 is 0 Å². The van der Waals surface area contributed by atoms with Crippen LogP contribution in [0.25, 0.3) is 0 Å². The van der Waals surface area contributed by atoms with Gasteiger partial charge in [-0.1, -0.05) is 13.3 Å². The summed E-state index contributed by atoms with van der Waals surface area (Å²) in [7, 11) is 0. The van der Waals surface area contributed by atoms with Crippen LogP contribution in [0.4, 0.5) is 0 Å². The van der Waals surface area contributed by atoms with Crippen LogP contribution >= 0.6 is 0 Å². The van der Waals surface area contributed by atoms with Gasteiger partial charge in [0.05, 0.1) is 43.6 Å². The highest BCUT2D eigenvalue weighted by Gasteiger charge is 2.58. The molecule has 0 aromatic carbocycles. The van der Waals surface area contributed by atoms with Crippen LogP contribution in [-0.4, -0.2) is 50.5 Å². The lowest BCUT2D eigenvalue weighted by atomic mass is 9.67. The number of aliphatic hydroxyl groups excluding tert-OH is 1. The van der Waals surface area contributed by atoms with Crippen LogP contribution < -0.4 is 9.80 Å². The van der Waals surface area contributed by atoms with E-state index in [9.17, 15) is 5.11 Å². The molecule has 4 fully saturated rings. The molecule has 4 aliphatic rings. The Hall–Kier alpha value is -0.120. The van der Waals surface area contributed by atoms with E-state index in [4.69, 9.17) is 0 Å². The number of fused-ring (bicyclic) bond motifs is 1. The van der Waals surface area contributed by atoms with Gasteiger partial charge in [-0.15, -0.1) is 0 Å². The van der Waals surface area contributed by atoms with Gasteiger partial charge in [0, 0.05) is 0 Å². The molecular weight excluding hydrogens is 188 g/mol. The lowest BCUT2D eigenvalue weighted by Crippen LogP contribution is -3.17. The summed E-state index contributed by atoms with van der Waals surface area (Å²) >= 11 is 0. The first-order valence-corrected chi connectivity index (χ1v) is 6.59. The molecule has 4 bridgehead atoms. The van der Waals surface area contributed by atoms with Crippen molar-refractivity contribution < 1.29 is 14.9 Å². The fourth-order valence-corrected chi connectivity index (χ4v) is 4.51. The first kappa shape index (κ1) is 10.1. The van der Waals surface area contributed by atoms with E-state index in [1.54, 1.807) is 9.80 Å². The topological polar surface area (TPSA) is 29.1 Å². The Morgan fingerprint density at radius 1 is 1.20 bits per heavy atom. The summed E-state index contributed by atoms with van der Waals surface area (Å²) < 4.78 is 0. The van der Waals surface area contributed by atoms with Crippen LogP contribution in [0.1, 0.15) is 19.8 Å². The smallest absolute Gasteiger partial charge is 0.127 e. The van der Waals surface area contributed by atoms with Gasteiger partial charge < -0.3 is 14.9 Å². The summed E-state index contributed by atoms with van der Waals surface area (Å²) in [6, 6.07) is 0. The van der Waals surface area contributed by atoms with Crippen molar-refractivity contribution in [3.63, 3.8) is 0 Å². The largest absolute Gasteiger partial charge is 0.391 e. The van der Waals surface area contributed by atoms with Gasteiger partial charge in [-0.3, -0.25) is 0 Å². The van der Waals surface area contributed by atoms with Crippen LogP contribution in [-0.2, 0) is 0 Å². The van der Waals surface area contributed by atoms with Crippen LogP contribution in [0.2, 0.25) is 0 Å². The van der Waals surface area contributed by atoms with E-state index in [0.29, 0.717) is 5.92 Å². The molecule has 0 saturated carbocycles. The first-order valence-electron chi connectivity index (χ1n) is 6.59. The minimum atomic E-state index is 0.00282. The molecule has 2 unspecified atom stereocenters. The normalized spacial score (nSPS) is 53.2. The maximum Gasteiger partial charge on any atom is 0.127 e. The third-order valence-electron chi connectivity index (χ3n) is 4.96. The lowest BCUT2D eigenvalue weighted by molar-refractivity contribution is -0.918. The Morgan fingerprint density at radius 3 is 2.33 bits per heavy atom. The van der Waals surface area contributed by atoms with E-state index < -0.39 is 0 Å². The van der Waals surface area contributed by atoms with Gasteiger partial charge in [0.25, 0.3) is 0 Å². The second-order valence-electron chi connectivity index (χ2n) is 6.08. The molecule has 0 spiro atoms. The predicted octanol–water partition coefficient (Wildman–Crippen LogP) is -2.44. The average Bonchev–Trinajstić information content (AvgIpc) is 2.43. The van der Waals surface area contributed by atoms with Crippen LogP contribution in [0.5, 0.6) is 0 Å². The van der Waals surface area contributed by atoms with E-state index in [2.05, 4.69) is 6.92 Å². The molecule has 4 rings (SSSR count). The van der Waals surface area contributed by atoms with E-state index in [0.717, 1.165) is 0 Å². The SMILES string of the molecule is CCCC12C[NH+]3CC[NH+](CC(C3)[C@@H]1O)C2. The summed E-state index contributed by atoms with van der Waals surface area (Å²) in [6.07, 6.45) is 2.46. The molecule has 0 aromatic rings. The Balaban J connectivity index is 1.92. The maximum atomic E-state index is 10.5. The molecule has 0 aromatic heterocycles. The molecule has 4 aliphatic heterocycles. The standard InChI is InChI=1S/C12H22N2O/c1-2-3-12-8-13-4-5-14(9-12)7-10(6-13)11(12)15/h10-11,15H,2-9H2,1H3/p+2/t10?,11-,12?/m0/s1. The van der Waals surface area contributed by atoms with Gasteiger partial charge in [0.1, 0.15) is 13.1 Å². The molecular formula is C12H24N2O+2. The Kier molecular flexibility index (Phi) is 2.31. The molecule has 0 radical (unpaired) electrons. The number of piperidine rings is 2. The first-order chi connectivity index (χ1) is 7.23. The Labute approximate surface area is 92.1 Å². The quantitative estimate of drug-likeness (QED) is 0.466. The van der Waals surface area contributed by atoms with Crippen LogP contribution in [0.15, 0.2) is 0 Å². The highest BCUT2D eigenvalue weighted by Crippen LogP contribution is 2.34. The van der Waals surface area contributed by atoms with Crippen molar-refractivity contribution in [3.8, 4) is 0 Å². The molecule has 0 aliphatic carbocycles. The number of rotatable bonds is 2.